The predicted molar refractivity (Wildman–Crippen MR) is 241 cm³/mol. The van der Waals surface area contributed by atoms with Crippen molar-refractivity contribution in [3.8, 4) is 5.75 Å². The second-order valence-electron chi connectivity index (χ2n) is 20.0. The third-order valence-electron chi connectivity index (χ3n) is 14.2. The van der Waals surface area contributed by atoms with Crippen LogP contribution in [0.25, 0.3) is 0 Å². The van der Waals surface area contributed by atoms with Crippen LogP contribution in [0.1, 0.15) is 94.9 Å². The van der Waals surface area contributed by atoms with Gasteiger partial charge in [0.05, 0.1) is 41.5 Å². The van der Waals surface area contributed by atoms with Crippen LogP contribution >= 0.6 is 0 Å². The molecule has 8 N–H and O–H groups in total. The summed E-state index contributed by atoms with van der Waals surface area (Å²) in [5, 5.41) is 89.1. The van der Waals surface area contributed by atoms with Crippen LogP contribution in [0.15, 0.2) is 24.3 Å². The number of likely N-dealkylation sites (N-methyl/N-ethyl adjacent to an activating group) is 2. The monoisotopic (exact) mass is 929 g/mol. The van der Waals surface area contributed by atoms with Gasteiger partial charge in [0, 0.05) is 44.6 Å². The largest absolute Gasteiger partial charge is 0.491 e. The number of nitrogens with zero attached hydrogens (tertiary/aromatic N) is 2. The highest BCUT2D eigenvalue weighted by Crippen LogP contribution is 2.40. The van der Waals surface area contributed by atoms with E-state index in [2.05, 4.69) is 0 Å². The summed E-state index contributed by atoms with van der Waals surface area (Å²) in [4.78, 5) is 18.1. The molecule has 0 bridgehead atoms. The SMILES string of the molecule is CC[C@H]1OC(=O)[C@H](C)[C@@H](O[C@H]2C[C@@](C)(OC)[C@@H](O)[C@H](C)O2)[C@H](C)[C@@H](O[C@@H]2O[C@H](C)CC(N(C)CC(O)COc3ccc(B(O)O)cc3)[C@H]2O)[C@](C)(O)C[C@@H](C)CN(C)[C@H](C)[C@@H](O)[C@]1(C)O. The summed E-state index contributed by atoms with van der Waals surface area (Å²) in [7, 11) is 3.44. The second-order valence-corrected chi connectivity index (χ2v) is 20.0. The van der Waals surface area contributed by atoms with Gasteiger partial charge in [0.15, 0.2) is 12.6 Å². The molecule has 19 heteroatoms. The summed E-state index contributed by atoms with van der Waals surface area (Å²) in [6.45, 7) is 17.6. The van der Waals surface area contributed by atoms with Crippen LogP contribution in [-0.2, 0) is 33.2 Å². The molecule has 3 fully saturated rings. The molecular weight excluding hydrogens is 847 g/mol. The lowest BCUT2D eigenvalue weighted by atomic mass is 9.77. The Bertz CT molecular complexity index is 1630. The number of ether oxygens (including phenoxy) is 7. The van der Waals surface area contributed by atoms with Gasteiger partial charge in [-0.15, -0.1) is 0 Å². The molecule has 4 rings (SSSR count). The molecule has 0 spiro atoms. The van der Waals surface area contributed by atoms with Crippen LogP contribution in [0.2, 0.25) is 0 Å². The van der Waals surface area contributed by atoms with Crippen molar-refractivity contribution in [3.05, 3.63) is 24.3 Å². The predicted octanol–water partition coefficient (Wildman–Crippen LogP) is 0.391. The molecule has 3 heterocycles. The summed E-state index contributed by atoms with van der Waals surface area (Å²) < 4.78 is 43.7. The van der Waals surface area contributed by atoms with E-state index in [1.807, 2.05) is 25.8 Å². The maximum atomic E-state index is 14.4. The van der Waals surface area contributed by atoms with Crippen LogP contribution in [-0.4, -0.2) is 201 Å². The van der Waals surface area contributed by atoms with E-state index in [0.717, 1.165) is 0 Å². The van der Waals surface area contributed by atoms with Crippen LogP contribution in [0, 0.1) is 17.8 Å². The van der Waals surface area contributed by atoms with Gasteiger partial charge in [-0.2, -0.15) is 0 Å². The summed E-state index contributed by atoms with van der Waals surface area (Å²) in [6, 6.07) is 4.98. The van der Waals surface area contributed by atoms with E-state index in [1.54, 1.807) is 72.5 Å². The standard InChI is InChI=1S/C46H81BN2O16/c1-14-35-46(10,56)39(52)29(6)48(11)22-25(2)20-44(8,55)41(27(4)38(28(5)42(54)63-35)64-36-21-45(9,59-13)40(53)30(7)62-36)65-43-37(51)34(19-26(3)61-43)49(12)23-32(50)24-60-33-17-15-31(16-18-33)47(57)58/h15-18,25-30,32,34-41,43,50-53,55-58H,14,19-24H2,1-13H3/t25-,26-,27+,28-,29-,30+,32?,34?,35-,36+,37-,38+,39-,40+,41-,43+,44-,45-,46-/m1/s1. The first-order valence-corrected chi connectivity index (χ1v) is 23.2. The molecule has 0 amide bonds. The van der Waals surface area contributed by atoms with Crippen LogP contribution in [0.4, 0.5) is 0 Å². The minimum atomic E-state index is -1.85. The molecule has 2 unspecified atom stereocenters. The molecule has 1 aromatic rings. The van der Waals surface area contributed by atoms with E-state index in [9.17, 15) is 45.5 Å². The van der Waals surface area contributed by atoms with Gasteiger partial charge in [0.2, 0.25) is 0 Å². The molecule has 18 nitrogen and oxygen atoms in total. The number of aliphatic hydroxyl groups is 6. The van der Waals surface area contributed by atoms with Crippen molar-refractivity contribution in [3.63, 3.8) is 0 Å². The van der Waals surface area contributed by atoms with E-state index in [4.69, 9.17) is 33.2 Å². The molecular formula is C46H81BN2O16. The van der Waals surface area contributed by atoms with Crippen molar-refractivity contribution in [2.75, 3.05) is 40.9 Å². The Morgan fingerprint density at radius 2 is 1.58 bits per heavy atom. The Morgan fingerprint density at radius 3 is 2.17 bits per heavy atom. The van der Waals surface area contributed by atoms with E-state index in [-0.39, 0.29) is 38.3 Å². The zero-order valence-electron chi connectivity index (χ0n) is 40.8. The number of carbonyl (C=O) groups is 1. The average molecular weight is 929 g/mol. The maximum absolute atomic E-state index is 14.4. The van der Waals surface area contributed by atoms with Crippen LogP contribution in [0.5, 0.6) is 5.75 Å². The molecule has 374 valence electrons. The first-order chi connectivity index (χ1) is 30.2. The molecule has 0 saturated carbocycles. The fourth-order valence-electron chi connectivity index (χ4n) is 10.1. The Labute approximate surface area is 386 Å². The number of aliphatic hydroxyl groups excluding tert-OH is 4. The Kier molecular flexibility index (Phi) is 19.7. The number of esters is 1. The van der Waals surface area contributed by atoms with Crippen molar-refractivity contribution >= 4 is 18.6 Å². The van der Waals surface area contributed by atoms with Crippen molar-refractivity contribution in [2.24, 2.45) is 17.8 Å². The molecule has 65 heavy (non-hydrogen) atoms. The fraction of sp³-hybridized carbons (Fsp3) is 0.848. The van der Waals surface area contributed by atoms with Gasteiger partial charge in [-0.3, -0.25) is 9.69 Å². The van der Waals surface area contributed by atoms with E-state index < -0.39 is 121 Å². The molecule has 19 atom stereocenters. The summed E-state index contributed by atoms with van der Waals surface area (Å²) in [5.74, 6) is -2.48. The summed E-state index contributed by atoms with van der Waals surface area (Å²) in [5.41, 5.74) is -4.31. The normalized spacial score (nSPS) is 42.4. The Morgan fingerprint density at radius 1 is 0.954 bits per heavy atom. The number of hydrogen-bond acceptors (Lipinski definition) is 18. The van der Waals surface area contributed by atoms with Gasteiger partial charge in [-0.05, 0) is 105 Å². The van der Waals surface area contributed by atoms with Gasteiger partial charge in [-0.25, -0.2) is 0 Å². The van der Waals surface area contributed by atoms with Gasteiger partial charge >= 0.3 is 13.1 Å². The lowest BCUT2D eigenvalue weighted by molar-refractivity contribution is -0.318. The lowest BCUT2D eigenvalue weighted by Crippen LogP contribution is -2.61. The number of benzene rings is 1. The van der Waals surface area contributed by atoms with Crippen molar-refractivity contribution < 1.29 is 78.6 Å². The minimum absolute atomic E-state index is 0.0780. The second kappa shape index (κ2) is 23.0. The first-order valence-electron chi connectivity index (χ1n) is 23.2. The highest BCUT2D eigenvalue weighted by Gasteiger charge is 2.53. The first kappa shape index (κ1) is 55.6. The smallest absolute Gasteiger partial charge is 0.488 e. The van der Waals surface area contributed by atoms with Crippen LogP contribution in [0.3, 0.4) is 0 Å². The highest BCUT2D eigenvalue weighted by molar-refractivity contribution is 6.58. The molecule has 3 aliphatic rings. The van der Waals surface area contributed by atoms with Gasteiger partial charge in [0.25, 0.3) is 0 Å². The molecule has 3 aliphatic heterocycles. The number of cyclic esters (lactones) is 1. The quantitative estimate of drug-likeness (QED) is 0.0985. The van der Waals surface area contributed by atoms with Gasteiger partial charge in [0.1, 0.15) is 48.5 Å². The maximum Gasteiger partial charge on any atom is 0.488 e. The summed E-state index contributed by atoms with van der Waals surface area (Å²) in [6.07, 6.45) is -10.7. The third-order valence-corrected chi connectivity index (χ3v) is 14.2. The molecule has 0 radical (unpaired) electrons. The van der Waals surface area contributed by atoms with E-state index in [1.165, 1.54) is 26.2 Å². The fourth-order valence-corrected chi connectivity index (χ4v) is 10.1. The topological polar surface area (TPSA) is 250 Å². The van der Waals surface area contributed by atoms with Gasteiger partial charge < -0.3 is 78.7 Å². The minimum Gasteiger partial charge on any atom is -0.491 e. The van der Waals surface area contributed by atoms with Crippen molar-refractivity contribution in [1.29, 1.82) is 0 Å². The highest BCUT2D eigenvalue weighted by atomic mass is 16.7. The average Bonchev–Trinajstić information content (AvgIpc) is 3.23. The van der Waals surface area contributed by atoms with Crippen molar-refractivity contribution in [1.82, 2.24) is 9.80 Å². The van der Waals surface area contributed by atoms with Crippen LogP contribution < -0.4 is 10.2 Å². The number of methoxy groups -OCH3 is 1. The molecule has 0 aromatic heterocycles. The molecule has 0 aliphatic carbocycles. The Hall–Kier alpha value is -2.05. The van der Waals surface area contributed by atoms with E-state index >= 15 is 0 Å². The number of hydrogen-bond donors (Lipinski definition) is 8. The molecule has 1 aromatic carbocycles. The summed E-state index contributed by atoms with van der Waals surface area (Å²) >= 11 is 0. The number of rotatable bonds is 13. The third kappa shape index (κ3) is 13.6. The lowest BCUT2D eigenvalue weighted by Gasteiger charge is -2.49. The molecule has 3 saturated heterocycles. The van der Waals surface area contributed by atoms with Crippen molar-refractivity contribution in [2.45, 2.75) is 191 Å². The zero-order valence-corrected chi connectivity index (χ0v) is 40.8. The number of carbonyl (C=O) groups excluding carboxylic acids is 1. The zero-order chi connectivity index (χ0) is 48.9. The van der Waals surface area contributed by atoms with E-state index in [0.29, 0.717) is 24.2 Å². The van der Waals surface area contributed by atoms with Gasteiger partial charge in [-0.1, -0.05) is 32.9 Å². The Balaban J connectivity index is 1.70.